The lowest BCUT2D eigenvalue weighted by atomic mass is 10.1. The summed E-state index contributed by atoms with van der Waals surface area (Å²) >= 11 is 0. The van der Waals surface area contributed by atoms with Crippen LogP contribution in [0.1, 0.15) is 27.6 Å². The second-order valence-electron chi connectivity index (χ2n) is 4.34. The minimum Gasteiger partial charge on any atom is -0.392 e. The van der Waals surface area contributed by atoms with Gasteiger partial charge in [-0.2, -0.15) is 0 Å². The molecule has 1 aromatic carbocycles. The van der Waals surface area contributed by atoms with Gasteiger partial charge in [0.1, 0.15) is 0 Å². The van der Waals surface area contributed by atoms with Crippen molar-refractivity contribution in [1.82, 2.24) is 10.2 Å². The lowest BCUT2D eigenvalue weighted by molar-refractivity contribution is 0.0826. The first-order valence-electron chi connectivity index (χ1n) is 5.70. The Hall–Kier alpha value is -1.88. The third-order valence-electron chi connectivity index (χ3n) is 2.36. The van der Waals surface area contributed by atoms with Crippen LogP contribution in [0.25, 0.3) is 0 Å². The van der Waals surface area contributed by atoms with Crippen LogP contribution in [-0.2, 0) is 0 Å². The average Bonchev–Trinajstić information content (AvgIpc) is 2.35. The van der Waals surface area contributed by atoms with Gasteiger partial charge in [-0.05, 0) is 31.2 Å². The largest absolute Gasteiger partial charge is 0.392 e. The number of amides is 2. The van der Waals surface area contributed by atoms with Crippen molar-refractivity contribution in [2.45, 2.75) is 13.0 Å². The minimum absolute atomic E-state index is 0.106. The van der Waals surface area contributed by atoms with Crippen molar-refractivity contribution in [3.05, 3.63) is 35.4 Å². The molecule has 2 N–H and O–H groups in total. The number of aliphatic hydroxyl groups is 1. The maximum absolute atomic E-state index is 11.6. The molecule has 0 heterocycles. The molecule has 98 valence electrons. The van der Waals surface area contributed by atoms with Crippen LogP contribution in [-0.4, -0.2) is 48.6 Å². The van der Waals surface area contributed by atoms with Crippen LogP contribution < -0.4 is 5.32 Å². The first-order chi connectivity index (χ1) is 8.41. The summed E-state index contributed by atoms with van der Waals surface area (Å²) in [4.78, 5) is 24.8. The van der Waals surface area contributed by atoms with Gasteiger partial charge in [-0.3, -0.25) is 9.59 Å². The summed E-state index contributed by atoms with van der Waals surface area (Å²) in [6.07, 6.45) is -0.580. The van der Waals surface area contributed by atoms with E-state index < -0.39 is 6.10 Å². The van der Waals surface area contributed by atoms with Gasteiger partial charge < -0.3 is 15.3 Å². The molecule has 0 aliphatic heterocycles. The van der Waals surface area contributed by atoms with E-state index in [-0.39, 0.29) is 18.4 Å². The molecular formula is C13H18N2O3. The Kier molecular flexibility index (Phi) is 4.85. The highest BCUT2D eigenvalue weighted by Gasteiger charge is 2.10. The van der Waals surface area contributed by atoms with Crippen LogP contribution in [0.5, 0.6) is 0 Å². The molecular weight excluding hydrogens is 232 g/mol. The fraction of sp³-hybridized carbons (Fsp3) is 0.385. The van der Waals surface area contributed by atoms with Crippen molar-refractivity contribution in [3.8, 4) is 0 Å². The van der Waals surface area contributed by atoms with E-state index in [2.05, 4.69) is 5.32 Å². The lowest BCUT2D eigenvalue weighted by Crippen LogP contribution is -2.30. The molecule has 5 nitrogen and oxygen atoms in total. The smallest absolute Gasteiger partial charge is 0.253 e. The quantitative estimate of drug-likeness (QED) is 0.817. The van der Waals surface area contributed by atoms with Crippen LogP contribution in [0.4, 0.5) is 0 Å². The summed E-state index contributed by atoms with van der Waals surface area (Å²) in [6.45, 7) is 1.80. The van der Waals surface area contributed by atoms with Crippen LogP contribution in [0, 0.1) is 0 Å². The molecule has 0 bridgehead atoms. The second kappa shape index (κ2) is 6.16. The van der Waals surface area contributed by atoms with Gasteiger partial charge in [-0.25, -0.2) is 0 Å². The maximum Gasteiger partial charge on any atom is 0.253 e. The van der Waals surface area contributed by atoms with E-state index >= 15 is 0 Å². The van der Waals surface area contributed by atoms with E-state index in [0.717, 1.165) is 0 Å². The van der Waals surface area contributed by atoms with Crippen molar-refractivity contribution >= 4 is 11.8 Å². The zero-order valence-electron chi connectivity index (χ0n) is 10.8. The molecule has 1 atom stereocenters. The van der Waals surface area contributed by atoms with Crippen LogP contribution in [0.2, 0.25) is 0 Å². The van der Waals surface area contributed by atoms with Crippen LogP contribution >= 0.6 is 0 Å². The maximum atomic E-state index is 11.6. The van der Waals surface area contributed by atoms with E-state index in [1.165, 1.54) is 4.90 Å². The third-order valence-corrected chi connectivity index (χ3v) is 2.36. The number of nitrogens with one attached hydrogen (secondary N) is 1. The number of nitrogens with zero attached hydrogens (tertiary/aromatic N) is 1. The average molecular weight is 250 g/mol. The molecule has 1 rings (SSSR count). The molecule has 0 spiro atoms. The topological polar surface area (TPSA) is 69.6 Å². The molecule has 0 aromatic heterocycles. The molecule has 5 heteroatoms. The Labute approximate surface area is 106 Å². The highest BCUT2D eigenvalue weighted by Crippen LogP contribution is 2.06. The van der Waals surface area contributed by atoms with Gasteiger partial charge in [-0.15, -0.1) is 0 Å². The normalized spacial score (nSPS) is 11.8. The monoisotopic (exact) mass is 250 g/mol. The van der Waals surface area contributed by atoms with E-state index in [1.807, 2.05) is 0 Å². The first kappa shape index (κ1) is 14.2. The van der Waals surface area contributed by atoms with E-state index in [4.69, 9.17) is 5.11 Å². The molecule has 0 aliphatic carbocycles. The van der Waals surface area contributed by atoms with Crippen molar-refractivity contribution in [2.24, 2.45) is 0 Å². The molecule has 0 aliphatic rings. The van der Waals surface area contributed by atoms with Crippen molar-refractivity contribution in [2.75, 3.05) is 20.6 Å². The number of benzene rings is 1. The van der Waals surface area contributed by atoms with E-state index in [0.29, 0.717) is 11.1 Å². The molecule has 0 fully saturated rings. The molecule has 0 saturated carbocycles. The van der Waals surface area contributed by atoms with Gasteiger partial charge in [-0.1, -0.05) is 0 Å². The van der Waals surface area contributed by atoms with Gasteiger partial charge in [0.2, 0.25) is 0 Å². The summed E-state index contributed by atoms with van der Waals surface area (Å²) in [5, 5.41) is 11.6. The number of hydrogen-bond donors (Lipinski definition) is 2. The molecule has 0 saturated heterocycles. The number of carbonyl (C=O) groups excluding carboxylic acids is 2. The van der Waals surface area contributed by atoms with Crippen molar-refractivity contribution in [3.63, 3.8) is 0 Å². The summed E-state index contributed by atoms with van der Waals surface area (Å²) in [7, 11) is 3.34. The molecule has 18 heavy (non-hydrogen) atoms. The Balaban J connectivity index is 2.71. The molecule has 1 unspecified atom stereocenters. The summed E-state index contributed by atoms with van der Waals surface area (Å²) in [5.41, 5.74) is 0.998. The fourth-order valence-corrected chi connectivity index (χ4v) is 1.36. The predicted octanol–water partition coefficient (Wildman–Crippen LogP) is 0.499. The van der Waals surface area contributed by atoms with Crippen LogP contribution in [0.15, 0.2) is 24.3 Å². The van der Waals surface area contributed by atoms with Gasteiger partial charge in [0, 0.05) is 31.8 Å². The van der Waals surface area contributed by atoms with E-state index in [9.17, 15) is 9.59 Å². The Morgan fingerprint density at radius 1 is 1.22 bits per heavy atom. The SMILES string of the molecule is CC(O)CNC(=O)c1ccc(C(=O)N(C)C)cc1. The second-order valence-corrected chi connectivity index (χ2v) is 4.34. The summed E-state index contributed by atoms with van der Waals surface area (Å²) < 4.78 is 0. The van der Waals surface area contributed by atoms with Gasteiger partial charge >= 0.3 is 0 Å². The molecule has 0 radical (unpaired) electrons. The Bertz CT molecular complexity index is 424. The number of rotatable bonds is 4. The van der Waals surface area contributed by atoms with Gasteiger partial charge in [0.15, 0.2) is 0 Å². The standard InChI is InChI=1S/C13H18N2O3/c1-9(16)8-14-12(17)10-4-6-11(7-5-10)13(18)15(2)3/h4-7,9,16H,8H2,1-3H3,(H,14,17). The highest BCUT2D eigenvalue weighted by molar-refractivity contribution is 5.97. The molecule has 2 amide bonds. The lowest BCUT2D eigenvalue weighted by Gasteiger charge is -2.11. The number of aliphatic hydroxyl groups excluding tert-OH is 1. The fourth-order valence-electron chi connectivity index (χ4n) is 1.36. The Morgan fingerprint density at radius 2 is 1.72 bits per heavy atom. The van der Waals surface area contributed by atoms with Crippen molar-refractivity contribution in [1.29, 1.82) is 0 Å². The summed E-state index contributed by atoms with van der Waals surface area (Å²) in [5.74, 6) is -0.370. The molecule has 1 aromatic rings. The number of hydrogen-bond acceptors (Lipinski definition) is 3. The first-order valence-corrected chi connectivity index (χ1v) is 5.70. The van der Waals surface area contributed by atoms with Crippen molar-refractivity contribution < 1.29 is 14.7 Å². The van der Waals surface area contributed by atoms with Gasteiger partial charge in [0.25, 0.3) is 11.8 Å². The van der Waals surface area contributed by atoms with E-state index in [1.54, 1.807) is 45.3 Å². The predicted molar refractivity (Wildman–Crippen MR) is 68.5 cm³/mol. The third kappa shape index (κ3) is 3.85. The Morgan fingerprint density at radius 3 is 2.17 bits per heavy atom. The van der Waals surface area contributed by atoms with Gasteiger partial charge in [0.05, 0.1) is 6.10 Å². The zero-order chi connectivity index (χ0) is 13.7. The zero-order valence-corrected chi connectivity index (χ0v) is 10.8. The number of carbonyl (C=O) groups is 2. The highest BCUT2D eigenvalue weighted by atomic mass is 16.3. The van der Waals surface area contributed by atoms with Crippen LogP contribution in [0.3, 0.4) is 0 Å². The summed E-state index contributed by atoms with van der Waals surface area (Å²) in [6, 6.07) is 6.40. The minimum atomic E-state index is -0.580.